The third kappa shape index (κ3) is 3.29. The molecule has 0 saturated heterocycles. The molecule has 0 radical (unpaired) electrons. The Morgan fingerprint density at radius 1 is 1.30 bits per heavy atom. The van der Waals surface area contributed by atoms with Gasteiger partial charge in [0.25, 0.3) is 17.9 Å². The monoisotopic (exact) mass is 489 g/mol. The van der Waals surface area contributed by atoms with Gasteiger partial charge in [0.05, 0.1) is 29.6 Å². The topological polar surface area (TPSA) is 90.1 Å². The summed E-state index contributed by atoms with van der Waals surface area (Å²) >= 11 is 1.01. The Labute approximate surface area is 187 Å². The van der Waals surface area contributed by atoms with E-state index in [9.17, 15) is 27.2 Å². The second kappa shape index (κ2) is 7.52. The molecule has 33 heavy (non-hydrogen) atoms. The minimum absolute atomic E-state index is 0.0150. The number of aryl methyl sites for hydroxylation is 1. The Morgan fingerprint density at radius 3 is 2.61 bits per heavy atom. The Balaban J connectivity index is 1.83. The molecular formula is C21H20F5N3O3S. The van der Waals surface area contributed by atoms with Crippen molar-refractivity contribution in [3.8, 4) is 0 Å². The first kappa shape index (κ1) is 22.3. The first-order valence-electron chi connectivity index (χ1n) is 10.4. The number of H-pyrrole nitrogens is 1. The number of methoxy groups -OCH3 is 1. The maximum atomic E-state index is 15.8. The fourth-order valence-corrected chi connectivity index (χ4v) is 6.14. The van der Waals surface area contributed by atoms with Gasteiger partial charge in [0.2, 0.25) is 0 Å². The van der Waals surface area contributed by atoms with Gasteiger partial charge in [0.1, 0.15) is 11.9 Å². The summed E-state index contributed by atoms with van der Waals surface area (Å²) < 4.78 is 78.9. The maximum absolute atomic E-state index is 15.8. The zero-order valence-electron chi connectivity index (χ0n) is 17.3. The fourth-order valence-electron chi connectivity index (χ4n) is 4.80. The summed E-state index contributed by atoms with van der Waals surface area (Å²) in [6.07, 6.45) is -4.98. The quantitative estimate of drug-likeness (QED) is 0.642. The van der Waals surface area contributed by atoms with Crippen LogP contribution >= 0.6 is 11.3 Å². The molecule has 2 aromatic heterocycles. The highest BCUT2D eigenvalue weighted by atomic mass is 32.1. The van der Waals surface area contributed by atoms with Crippen LogP contribution in [0.3, 0.4) is 0 Å². The molecule has 5 rings (SSSR count). The number of nitrogens with one attached hydrogen (secondary N) is 1. The summed E-state index contributed by atoms with van der Waals surface area (Å²) in [5, 5.41) is -0.786. The van der Waals surface area contributed by atoms with E-state index in [0.717, 1.165) is 11.3 Å². The average Bonchev–Trinajstić information content (AvgIpc) is 3.48. The summed E-state index contributed by atoms with van der Waals surface area (Å²) in [5.41, 5.74) is 2.92. The van der Waals surface area contributed by atoms with Crippen LogP contribution in [0.25, 0.3) is 11.3 Å². The van der Waals surface area contributed by atoms with E-state index in [-0.39, 0.29) is 34.0 Å². The van der Waals surface area contributed by atoms with Crippen LogP contribution in [0.5, 0.6) is 0 Å². The molecule has 178 valence electrons. The van der Waals surface area contributed by atoms with E-state index in [0.29, 0.717) is 17.7 Å². The van der Waals surface area contributed by atoms with E-state index in [1.165, 1.54) is 17.7 Å². The lowest BCUT2D eigenvalue weighted by molar-refractivity contribution is -0.0392. The Hall–Kier alpha value is -2.47. The molecule has 0 amide bonds. The van der Waals surface area contributed by atoms with Gasteiger partial charge in [0.15, 0.2) is 0 Å². The maximum Gasteiger partial charge on any atom is 0.329 e. The van der Waals surface area contributed by atoms with Crippen molar-refractivity contribution < 1.29 is 26.7 Å². The number of rotatable bonds is 4. The van der Waals surface area contributed by atoms with Crippen molar-refractivity contribution in [2.75, 3.05) is 7.11 Å². The lowest BCUT2D eigenvalue weighted by atomic mass is 9.86. The van der Waals surface area contributed by atoms with E-state index in [1.54, 1.807) is 0 Å². The van der Waals surface area contributed by atoms with Gasteiger partial charge in [-0.2, -0.15) is 0 Å². The highest BCUT2D eigenvalue weighted by molar-refractivity contribution is 7.12. The van der Waals surface area contributed by atoms with Gasteiger partial charge in [-0.25, -0.2) is 26.7 Å². The molecule has 0 spiro atoms. The SMILES string of the molecule is COC1=c2c(c(=O)[nH]c(=O)n2C2CC2)=C(C(F)F)C(F)C1c1cc2c(s1)CCC(F)(F)C2N. The normalized spacial score (nSPS) is 26.4. The number of nitrogens with two attached hydrogens (primary N) is 1. The molecular weight excluding hydrogens is 469 g/mol. The van der Waals surface area contributed by atoms with Crippen LogP contribution in [-0.4, -0.2) is 35.2 Å². The third-order valence-corrected chi connectivity index (χ3v) is 7.84. The molecule has 3 N–H and O–H groups in total. The number of thiophene rings is 1. The summed E-state index contributed by atoms with van der Waals surface area (Å²) in [6, 6.07) is -0.626. The van der Waals surface area contributed by atoms with Crippen LogP contribution in [0.15, 0.2) is 15.7 Å². The van der Waals surface area contributed by atoms with Gasteiger partial charge < -0.3 is 10.5 Å². The first-order valence-corrected chi connectivity index (χ1v) is 11.2. The van der Waals surface area contributed by atoms with Gasteiger partial charge in [0, 0.05) is 27.8 Å². The van der Waals surface area contributed by atoms with Crippen LogP contribution in [0.4, 0.5) is 22.0 Å². The summed E-state index contributed by atoms with van der Waals surface area (Å²) in [6.45, 7) is 0. The Kier molecular flexibility index (Phi) is 5.09. The number of alkyl halides is 5. The van der Waals surface area contributed by atoms with E-state index in [4.69, 9.17) is 10.5 Å². The van der Waals surface area contributed by atoms with Crippen LogP contribution in [0.2, 0.25) is 0 Å². The van der Waals surface area contributed by atoms with E-state index >= 15 is 4.39 Å². The molecule has 2 heterocycles. The zero-order chi connectivity index (χ0) is 23.8. The highest BCUT2D eigenvalue weighted by Gasteiger charge is 2.46. The molecule has 3 unspecified atom stereocenters. The number of aromatic amines is 1. The molecule has 2 aromatic rings. The average molecular weight is 489 g/mol. The van der Waals surface area contributed by atoms with Crippen molar-refractivity contribution in [2.45, 2.75) is 62.2 Å². The van der Waals surface area contributed by atoms with Crippen LogP contribution < -0.4 is 27.6 Å². The number of nitrogens with zero attached hydrogens (tertiary/aromatic N) is 1. The van der Waals surface area contributed by atoms with Crippen LogP contribution in [0, 0.1) is 0 Å². The van der Waals surface area contributed by atoms with E-state index in [1.807, 2.05) is 4.98 Å². The van der Waals surface area contributed by atoms with Gasteiger partial charge in [-0.05, 0) is 30.9 Å². The molecule has 0 aromatic carbocycles. The van der Waals surface area contributed by atoms with Crippen LogP contribution in [-0.2, 0) is 11.2 Å². The molecule has 12 heteroatoms. The van der Waals surface area contributed by atoms with Crippen molar-refractivity contribution in [2.24, 2.45) is 5.73 Å². The number of hydrogen-bond acceptors (Lipinski definition) is 5. The van der Waals surface area contributed by atoms with Crippen molar-refractivity contribution >= 4 is 22.7 Å². The summed E-state index contributed by atoms with van der Waals surface area (Å²) in [4.78, 5) is 27.9. The molecule has 3 aliphatic rings. The minimum atomic E-state index is -3.33. The number of hydrogen-bond donors (Lipinski definition) is 2. The van der Waals surface area contributed by atoms with E-state index < -0.39 is 58.9 Å². The summed E-state index contributed by atoms with van der Waals surface area (Å²) in [7, 11) is 1.20. The second-order valence-electron chi connectivity index (χ2n) is 8.55. The Bertz CT molecular complexity index is 1370. The fraction of sp³-hybridized carbons (Fsp3) is 0.524. The van der Waals surface area contributed by atoms with Gasteiger partial charge in [-0.3, -0.25) is 14.3 Å². The van der Waals surface area contributed by atoms with Crippen LogP contribution in [0.1, 0.15) is 52.6 Å². The van der Waals surface area contributed by atoms with Gasteiger partial charge >= 0.3 is 5.69 Å². The number of ether oxygens (including phenoxy) is 1. The molecule has 1 saturated carbocycles. The standard InChI is InChI=1S/C21H20F5N3O3S/c1-32-16-11(10-6-8-9(33-10)4-5-21(25,26)17(8)27)14(22)12(18(23)24)13-15(16)29(7-2-3-7)20(31)28-19(13)30/h6-7,11,14,17-18H,2-5,27H2,1H3,(H,28,30,31). The zero-order valence-corrected chi connectivity index (χ0v) is 18.2. The minimum Gasteiger partial charge on any atom is -0.498 e. The number of halogens is 5. The lowest BCUT2D eigenvalue weighted by Crippen LogP contribution is -2.59. The third-order valence-electron chi connectivity index (χ3n) is 6.55. The lowest BCUT2D eigenvalue weighted by Gasteiger charge is -2.28. The molecule has 1 fully saturated rings. The van der Waals surface area contributed by atoms with E-state index in [2.05, 4.69) is 0 Å². The highest BCUT2D eigenvalue weighted by Crippen LogP contribution is 2.48. The van der Waals surface area contributed by atoms with Gasteiger partial charge in [-0.15, -0.1) is 11.3 Å². The molecule has 6 nitrogen and oxygen atoms in total. The first-order chi connectivity index (χ1) is 15.6. The predicted molar refractivity (Wildman–Crippen MR) is 111 cm³/mol. The second-order valence-corrected chi connectivity index (χ2v) is 9.72. The largest absolute Gasteiger partial charge is 0.498 e. The van der Waals surface area contributed by atoms with Crippen molar-refractivity contribution in [3.63, 3.8) is 0 Å². The Morgan fingerprint density at radius 2 is 2.00 bits per heavy atom. The number of aromatic nitrogens is 2. The predicted octanol–water partition coefficient (Wildman–Crippen LogP) is 1.82. The van der Waals surface area contributed by atoms with Crippen molar-refractivity contribution in [1.82, 2.24) is 9.55 Å². The molecule has 3 aliphatic carbocycles. The van der Waals surface area contributed by atoms with Crippen molar-refractivity contribution in [3.05, 3.63) is 52.8 Å². The molecule has 3 atom stereocenters. The molecule has 0 aliphatic heterocycles. The van der Waals surface area contributed by atoms with Crippen molar-refractivity contribution in [1.29, 1.82) is 0 Å². The summed E-state index contributed by atoms with van der Waals surface area (Å²) in [5.74, 6) is -4.74. The van der Waals surface area contributed by atoms with Gasteiger partial charge in [-0.1, -0.05) is 0 Å². The molecule has 0 bridgehead atoms. The smallest absolute Gasteiger partial charge is 0.329 e. The number of fused-ring (bicyclic) bond motifs is 2.